The molecule has 180 valence electrons. The lowest BCUT2D eigenvalue weighted by Crippen LogP contribution is -2.25. The van der Waals surface area contributed by atoms with Gasteiger partial charge in [0.2, 0.25) is 0 Å². The fraction of sp³-hybridized carbons (Fsp3) is 0.519. The number of pyridine rings is 1. The third-order valence-electron chi connectivity index (χ3n) is 6.67. The van der Waals surface area contributed by atoms with Crippen molar-refractivity contribution < 1.29 is 9.47 Å². The first kappa shape index (κ1) is 24.9. The molecule has 0 unspecified atom stereocenters. The minimum atomic E-state index is 0.818. The van der Waals surface area contributed by atoms with E-state index < -0.39 is 0 Å². The van der Waals surface area contributed by atoms with Gasteiger partial charge in [-0.3, -0.25) is 0 Å². The van der Waals surface area contributed by atoms with Crippen LogP contribution in [0.15, 0.2) is 18.3 Å². The van der Waals surface area contributed by atoms with Crippen LogP contribution in [-0.4, -0.2) is 63.9 Å². The molecule has 1 aromatic carbocycles. The van der Waals surface area contributed by atoms with Crippen molar-refractivity contribution in [2.24, 2.45) is 0 Å². The summed E-state index contributed by atoms with van der Waals surface area (Å²) in [5, 5.41) is 3.51. The van der Waals surface area contributed by atoms with Crippen molar-refractivity contribution in [1.82, 2.24) is 9.88 Å². The molecule has 0 atom stereocenters. The number of benzene rings is 1. The summed E-state index contributed by atoms with van der Waals surface area (Å²) in [7, 11) is 5.56. The second kappa shape index (κ2) is 11.4. The van der Waals surface area contributed by atoms with Crippen molar-refractivity contribution in [3.63, 3.8) is 0 Å². The highest BCUT2D eigenvalue weighted by atomic mass is 16.5. The molecule has 1 aliphatic rings. The molecule has 33 heavy (non-hydrogen) atoms. The van der Waals surface area contributed by atoms with E-state index in [1.807, 2.05) is 12.3 Å². The van der Waals surface area contributed by atoms with Gasteiger partial charge in [0.1, 0.15) is 17.3 Å². The molecular weight excluding hydrogens is 412 g/mol. The summed E-state index contributed by atoms with van der Waals surface area (Å²) in [6, 6.07) is 4.13. The number of anilines is 2. The lowest BCUT2D eigenvalue weighted by molar-refractivity contribution is 0.298. The highest BCUT2D eigenvalue weighted by molar-refractivity contribution is 5.93. The van der Waals surface area contributed by atoms with Gasteiger partial charge >= 0.3 is 0 Å². The van der Waals surface area contributed by atoms with Crippen LogP contribution in [0.2, 0.25) is 0 Å². The molecule has 6 heteroatoms. The average molecular weight is 453 g/mol. The van der Waals surface area contributed by atoms with Crippen LogP contribution < -0.4 is 19.7 Å². The van der Waals surface area contributed by atoms with Gasteiger partial charge in [-0.25, -0.2) is 4.98 Å². The molecule has 0 amide bonds. The number of ether oxygens (including phenoxy) is 2. The molecule has 2 heterocycles. The fourth-order valence-corrected chi connectivity index (χ4v) is 4.70. The molecule has 1 aliphatic heterocycles. The van der Waals surface area contributed by atoms with Gasteiger partial charge in [0.05, 0.1) is 14.2 Å². The summed E-state index contributed by atoms with van der Waals surface area (Å²) >= 11 is 0. The first-order valence-corrected chi connectivity index (χ1v) is 12.0. The Morgan fingerprint density at radius 3 is 2.30 bits per heavy atom. The number of nitrogens with zero attached hydrogens (tertiary/aromatic N) is 3. The maximum absolute atomic E-state index is 5.62. The minimum Gasteiger partial charge on any atom is -0.496 e. The Morgan fingerprint density at radius 2 is 1.70 bits per heavy atom. The van der Waals surface area contributed by atoms with E-state index >= 15 is 0 Å². The molecule has 0 bridgehead atoms. The van der Waals surface area contributed by atoms with E-state index in [9.17, 15) is 0 Å². The zero-order valence-corrected chi connectivity index (χ0v) is 21.4. The Balaban J connectivity index is 1.77. The third kappa shape index (κ3) is 5.61. The summed E-state index contributed by atoms with van der Waals surface area (Å²) in [5.74, 6) is 2.64. The van der Waals surface area contributed by atoms with Gasteiger partial charge in [-0.15, -0.1) is 0 Å². The van der Waals surface area contributed by atoms with Crippen LogP contribution in [0.1, 0.15) is 48.9 Å². The standard InChI is InChI=1S/C27H40N4O2/c1-8-31(9-2)13-11-10-12-28-26-15-23-21(17-29-26)14-22(18-30(23)5)27-19(3)24(32-6)16-25(33-7)20(27)4/h14-17H,8-13,18H2,1-7H3,(H,28,29). The van der Waals surface area contributed by atoms with Crippen molar-refractivity contribution in [3.8, 4) is 11.5 Å². The third-order valence-corrected chi connectivity index (χ3v) is 6.67. The molecule has 0 fully saturated rings. The Hall–Kier alpha value is -2.73. The maximum Gasteiger partial charge on any atom is 0.128 e. The van der Waals surface area contributed by atoms with Gasteiger partial charge in [-0.2, -0.15) is 0 Å². The summed E-state index contributed by atoms with van der Waals surface area (Å²) in [6.07, 6.45) is 6.58. The smallest absolute Gasteiger partial charge is 0.128 e. The summed E-state index contributed by atoms with van der Waals surface area (Å²) in [5.41, 5.74) is 7.04. The van der Waals surface area contributed by atoms with E-state index in [-0.39, 0.29) is 0 Å². The highest BCUT2D eigenvalue weighted by Gasteiger charge is 2.22. The van der Waals surface area contributed by atoms with E-state index in [1.54, 1.807) is 14.2 Å². The largest absolute Gasteiger partial charge is 0.496 e. The van der Waals surface area contributed by atoms with Crippen LogP contribution in [0.5, 0.6) is 11.5 Å². The van der Waals surface area contributed by atoms with Crippen LogP contribution in [0.4, 0.5) is 11.5 Å². The van der Waals surface area contributed by atoms with Gasteiger partial charge in [-0.1, -0.05) is 13.8 Å². The molecule has 0 saturated heterocycles. The first-order valence-electron chi connectivity index (χ1n) is 12.0. The fourth-order valence-electron chi connectivity index (χ4n) is 4.70. The van der Waals surface area contributed by atoms with Crippen LogP contribution >= 0.6 is 0 Å². The van der Waals surface area contributed by atoms with Crippen LogP contribution in [0.25, 0.3) is 11.6 Å². The predicted octanol–water partition coefficient (Wildman–Crippen LogP) is 5.24. The number of rotatable bonds is 11. The monoisotopic (exact) mass is 452 g/mol. The Kier molecular flexibility index (Phi) is 8.61. The molecule has 0 saturated carbocycles. The number of hydrogen-bond donors (Lipinski definition) is 1. The van der Waals surface area contributed by atoms with Gasteiger partial charge in [0, 0.05) is 49.7 Å². The molecule has 0 aliphatic carbocycles. The predicted molar refractivity (Wildman–Crippen MR) is 140 cm³/mol. The molecule has 6 nitrogen and oxygen atoms in total. The van der Waals surface area contributed by atoms with Crippen molar-refractivity contribution in [2.75, 3.05) is 64.2 Å². The lowest BCUT2D eigenvalue weighted by atomic mass is 9.90. The van der Waals surface area contributed by atoms with Crippen LogP contribution in [0, 0.1) is 13.8 Å². The van der Waals surface area contributed by atoms with Crippen molar-refractivity contribution >= 4 is 23.2 Å². The average Bonchev–Trinajstić information content (AvgIpc) is 2.82. The Bertz CT molecular complexity index is 954. The normalized spacial score (nSPS) is 13.1. The number of fused-ring (bicyclic) bond motifs is 1. The van der Waals surface area contributed by atoms with Gasteiger partial charge in [0.25, 0.3) is 0 Å². The molecule has 3 rings (SSSR count). The maximum atomic E-state index is 5.62. The number of hydrogen-bond acceptors (Lipinski definition) is 6. The SMILES string of the molecule is CCN(CC)CCCCNc1cc2c(cn1)C=C(c1c(C)c(OC)cc(OC)c1C)CN2C. The number of aromatic nitrogens is 1. The summed E-state index contributed by atoms with van der Waals surface area (Å²) < 4.78 is 11.2. The number of likely N-dealkylation sites (N-methyl/N-ethyl adjacent to an activating group) is 1. The van der Waals surface area contributed by atoms with E-state index in [1.165, 1.54) is 23.2 Å². The van der Waals surface area contributed by atoms with E-state index in [0.29, 0.717) is 0 Å². The zero-order valence-electron chi connectivity index (χ0n) is 21.4. The van der Waals surface area contributed by atoms with E-state index in [0.717, 1.165) is 73.2 Å². The Labute approximate surface area is 199 Å². The molecule has 1 N–H and O–H groups in total. The number of unbranched alkanes of at least 4 members (excludes halogenated alkanes) is 1. The first-order chi connectivity index (χ1) is 15.9. The molecule has 0 spiro atoms. The Morgan fingerprint density at radius 1 is 1.03 bits per heavy atom. The van der Waals surface area contributed by atoms with Crippen molar-refractivity contribution in [1.29, 1.82) is 0 Å². The van der Waals surface area contributed by atoms with Gasteiger partial charge < -0.3 is 24.6 Å². The lowest BCUT2D eigenvalue weighted by Gasteiger charge is -2.30. The van der Waals surface area contributed by atoms with Gasteiger partial charge in [-0.05, 0) is 74.7 Å². The van der Waals surface area contributed by atoms with Crippen LogP contribution in [-0.2, 0) is 0 Å². The van der Waals surface area contributed by atoms with E-state index in [2.05, 4.69) is 67.0 Å². The van der Waals surface area contributed by atoms with Crippen LogP contribution in [0.3, 0.4) is 0 Å². The summed E-state index contributed by atoms with van der Waals surface area (Å²) in [4.78, 5) is 9.45. The van der Waals surface area contributed by atoms with Gasteiger partial charge in [0.15, 0.2) is 0 Å². The minimum absolute atomic E-state index is 0.818. The summed E-state index contributed by atoms with van der Waals surface area (Å²) in [6.45, 7) is 13.9. The molecule has 0 radical (unpaired) electrons. The highest BCUT2D eigenvalue weighted by Crippen LogP contribution is 2.40. The molecule has 2 aromatic rings. The van der Waals surface area contributed by atoms with Crippen molar-refractivity contribution in [3.05, 3.63) is 40.6 Å². The van der Waals surface area contributed by atoms with E-state index in [4.69, 9.17) is 9.47 Å². The molecule has 1 aromatic heterocycles. The quantitative estimate of drug-likeness (QED) is 0.471. The second-order valence-corrected chi connectivity index (χ2v) is 8.72. The second-order valence-electron chi connectivity index (χ2n) is 8.72. The number of methoxy groups -OCH3 is 2. The zero-order chi connectivity index (χ0) is 24.0. The van der Waals surface area contributed by atoms with Crippen molar-refractivity contribution in [2.45, 2.75) is 40.5 Å². The molecular formula is C27H40N4O2. The number of nitrogens with one attached hydrogen (secondary N) is 1. The topological polar surface area (TPSA) is 49.9 Å².